The van der Waals surface area contributed by atoms with Crippen LogP contribution in [0.1, 0.15) is 68.9 Å². The van der Waals surface area contributed by atoms with Gasteiger partial charge in [0.15, 0.2) is 0 Å². The number of carbonyl (C=O) groups is 1. The van der Waals surface area contributed by atoms with E-state index in [-0.39, 0.29) is 5.92 Å². The van der Waals surface area contributed by atoms with E-state index in [1.54, 1.807) is 0 Å². The lowest BCUT2D eigenvalue weighted by molar-refractivity contribution is -0.135. The molecule has 1 saturated heterocycles. The van der Waals surface area contributed by atoms with E-state index < -0.39 is 0 Å². The zero-order chi connectivity index (χ0) is 16.9. The number of benzene rings is 1. The van der Waals surface area contributed by atoms with Crippen molar-refractivity contribution in [1.82, 2.24) is 4.90 Å². The number of ether oxygens (including phenoxy) is 1. The molecule has 2 aliphatic rings. The summed E-state index contributed by atoms with van der Waals surface area (Å²) in [5, 5.41) is 0. The van der Waals surface area contributed by atoms with Crippen molar-refractivity contribution < 1.29 is 9.53 Å². The van der Waals surface area contributed by atoms with Gasteiger partial charge in [-0.2, -0.15) is 0 Å². The Morgan fingerprint density at radius 1 is 1.12 bits per heavy atom. The van der Waals surface area contributed by atoms with Gasteiger partial charge in [-0.05, 0) is 49.7 Å². The maximum Gasteiger partial charge on any atom is 0.223 e. The predicted molar refractivity (Wildman–Crippen MR) is 97.2 cm³/mol. The molecule has 3 nitrogen and oxygen atoms in total. The lowest BCUT2D eigenvalue weighted by atomic mass is 9.93. The number of hydrogen-bond acceptors (Lipinski definition) is 2. The topological polar surface area (TPSA) is 29.5 Å². The molecule has 1 amide bonds. The Kier molecular flexibility index (Phi) is 5.94. The van der Waals surface area contributed by atoms with Crippen molar-refractivity contribution in [2.24, 2.45) is 0 Å². The van der Waals surface area contributed by atoms with E-state index in [0.29, 0.717) is 24.5 Å². The Hall–Kier alpha value is -1.35. The van der Waals surface area contributed by atoms with Gasteiger partial charge in [-0.15, -0.1) is 0 Å². The van der Waals surface area contributed by atoms with Crippen molar-refractivity contribution in [2.45, 2.75) is 76.9 Å². The first kappa shape index (κ1) is 17.5. The molecule has 2 fully saturated rings. The molecule has 1 saturated carbocycles. The fourth-order valence-corrected chi connectivity index (χ4v) is 4.18. The minimum absolute atomic E-state index is 0.283. The lowest BCUT2D eigenvalue weighted by Crippen LogP contribution is -2.42. The molecule has 1 atom stereocenters. The van der Waals surface area contributed by atoms with Gasteiger partial charge in [0.1, 0.15) is 0 Å². The second-order valence-electron chi connectivity index (χ2n) is 7.58. The average molecular weight is 329 g/mol. The molecular formula is C21H31NO2. The first-order valence-corrected chi connectivity index (χ1v) is 9.62. The van der Waals surface area contributed by atoms with Crippen LogP contribution < -0.4 is 0 Å². The van der Waals surface area contributed by atoms with Crippen molar-refractivity contribution in [2.75, 3.05) is 13.1 Å². The van der Waals surface area contributed by atoms with Gasteiger partial charge < -0.3 is 9.64 Å². The number of aryl methyl sites for hydroxylation is 1. The van der Waals surface area contributed by atoms with Crippen molar-refractivity contribution in [1.29, 1.82) is 0 Å². The van der Waals surface area contributed by atoms with Crippen molar-refractivity contribution >= 4 is 5.91 Å². The molecule has 0 spiro atoms. The highest BCUT2D eigenvalue weighted by atomic mass is 16.5. The summed E-state index contributed by atoms with van der Waals surface area (Å²) in [7, 11) is 0. The number of rotatable bonds is 5. The highest BCUT2D eigenvalue weighted by Gasteiger charge is 2.27. The Labute approximate surface area is 146 Å². The zero-order valence-electron chi connectivity index (χ0n) is 15.2. The maximum absolute atomic E-state index is 12.6. The van der Waals surface area contributed by atoms with Crippen LogP contribution in [0.15, 0.2) is 24.3 Å². The van der Waals surface area contributed by atoms with Gasteiger partial charge in [0.2, 0.25) is 5.91 Å². The molecule has 0 radical (unpaired) electrons. The molecule has 1 heterocycles. The third-order valence-electron chi connectivity index (χ3n) is 5.68. The Morgan fingerprint density at radius 2 is 1.75 bits per heavy atom. The monoisotopic (exact) mass is 329 g/mol. The summed E-state index contributed by atoms with van der Waals surface area (Å²) in [5.41, 5.74) is 2.58. The number of carbonyl (C=O) groups excluding carboxylic acids is 1. The molecule has 24 heavy (non-hydrogen) atoms. The van der Waals surface area contributed by atoms with Crippen LogP contribution in [0.5, 0.6) is 0 Å². The van der Waals surface area contributed by atoms with Crippen molar-refractivity contribution in [3.8, 4) is 0 Å². The van der Waals surface area contributed by atoms with E-state index >= 15 is 0 Å². The largest absolute Gasteiger partial charge is 0.375 e. The van der Waals surface area contributed by atoms with Crippen LogP contribution in [0.3, 0.4) is 0 Å². The second-order valence-corrected chi connectivity index (χ2v) is 7.58. The van der Waals surface area contributed by atoms with E-state index in [1.165, 1.54) is 36.8 Å². The van der Waals surface area contributed by atoms with Crippen LogP contribution in [-0.4, -0.2) is 36.1 Å². The summed E-state index contributed by atoms with van der Waals surface area (Å²) < 4.78 is 6.21. The summed E-state index contributed by atoms with van der Waals surface area (Å²) >= 11 is 0. The smallest absolute Gasteiger partial charge is 0.223 e. The maximum atomic E-state index is 12.6. The zero-order valence-corrected chi connectivity index (χ0v) is 15.2. The number of hydrogen-bond donors (Lipinski definition) is 0. The van der Waals surface area contributed by atoms with Crippen molar-refractivity contribution in [3.05, 3.63) is 35.4 Å². The minimum Gasteiger partial charge on any atom is -0.375 e. The normalized spacial score (nSPS) is 21.2. The molecule has 1 aliphatic carbocycles. The summed E-state index contributed by atoms with van der Waals surface area (Å²) in [6.45, 7) is 6.01. The molecule has 1 aromatic carbocycles. The second kappa shape index (κ2) is 8.15. The van der Waals surface area contributed by atoms with Gasteiger partial charge in [0, 0.05) is 19.5 Å². The number of piperidine rings is 1. The lowest BCUT2D eigenvalue weighted by Gasteiger charge is -2.34. The molecule has 0 unspecified atom stereocenters. The fraction of sp³-hybridized carbons (Fsp3) is 0.667. The van der Waals surface area contributed by atoms with Crippen LogP contribution in [0.2, 0.25) is 0 Å². The van der Waals surface area contributed by atoms with E-state index in [1.807, 2.05) is 4.90 Å². The average Bonchev–Trinajstić information content (AvgIpc) is 3.08. The van der Waals surface area contributed by atoms with Crippen LogP contribution >= 0.6 is 0 Å². The Balaban J connectivity index is 1.45. The van der Waals surface area contributed by atoms with Gasteiger partial charge in [-0.3, -0.25) is 4.79 Å². The minimum atomic E-state index is 0.283. The molecule has 3 heteroatoms. The Morgan fingerprint density at radius 3 is 2.42 bits per heavy atom. The standard InChI is InChI=1S/C21H31NO2/c1-16-7-3-6-10-20(16)17(2)15-21(23)22-13-11-19(12-14-22)24-18-8-4-5-9-18/h3,6-7,10,17-19H,4-5,8-9,11-15H2,1-2H3/t17-/m1/s1. The van der Waals surface area contributed by atoms with Gasteiger partial charge in [0.05, 0.1) is 12.2 Å². The number of amides is 1. The molecule has 132 valence electrons. The van der Waals surface area contributed by atoms with Gasteiger partial charge >= 0.3 is 0 Å². The molecule has 0 bridgehead atoms. The summed E-state index contributed by atoms with van der Waals surface area (Å²) in [6, 6.07) is 8.40. The summed E-state index contributed by atoms with van der Waals surface area (Å²) in [6.07, 6.45) is 8.56. The summed E-state index contributed by atoms with van der Waals surface area (Å²) in [4.78, 5) is 14.7. The number of likely N-dealkylation sites (tertiary alicyclic amines) is 1. The number of nitrogens with zero attached hydrogens (tertiary/aromatic N) is 1. The Bertz CT molecular complexity index is 543. The summed E-state index contributed by atoms with van der Waals surface area (Å²) in [5.74, 6) is 0.580. The molecular weight excluding hydrogens is 298 g/mol. The molecule has 3 rings (SSSR count). The quantitative estimate of drug-likeness (QED) is 0.799. The van der Waals surface area contributed by atoms with Gasteiger partial charge in [-0.25, -0.2) is 0 Å². The van der Waals surface area contributed by atoms with Crippen molar-refractivity contribution in [3.63, 3.8) is 0 Å². The SMILES string of the molecule is Cc1ccccc1[C@H](C)CC(=O)N1CCC(OC2CCCC2)CC1. The van der Waals surface area contributed by atoms with E-state index in [2.05, 4.69) is 38.1 Å². The first-order valence-electron chi connectivity index (χ1n) is 9.62. The van der Waals surface area contributed by atoms with E-state index in [0.717, 1.165) is 25.9 Å². The first-order chi connectivity index (χ1) is 11.6. The van der Waals surface area contributed by atoms with Crippen LogP contribution in [0.25, 0.3) is 0 Å². The highest BCUT2D eigenvalue weighted by molar-refractivity contribution is 5.77. The molecule has 0 N–H and O–H groups in total. The third kappa shape index (κ3) is 4.38. The highest BCUT2D eigenvalue weighted by Crippen LogP contribution is 2.27. The van der Waals surface area contributed by atoms with Gasteiger partial charge in [0.25, 0.3) is 0 Å². The third-order valence-corrected chi connectivity index (χ3v) is 5.68. The van der Waals surface area contributed by atoms with E-state index in [4.69, 9.17) is 4.74 Å². The molecule has 0 aromatic heterocycles. The van der Waals surface area contributed by atoms with Crippen LogP contribution in [0.4, 0.5) is 0 Å². The fourth-order valence-electron chi connectivity index (χ4n) is 4.18. The molecule has 1 aliphatic heterocycles. The van der Waals surface area contributed by atoms with Gasteiger partial charge in [-0.1, -0.05) is 44.0 Å². The predicted octanol–water partition coefficient (Wildman–Crippen LogP) is 4.44. The van der Waals surface area contributed by atoms with Crippen LogP contribution in [0, 0.1) is 6.92 Å². The molecule has 1 aromatic rings. The van der Waals surface area contributed by atoms with Crippen LogP contribution in [-0.2, 0) is 9.53 Å². The van der Waals surface area contributed by atoms with E-state index in [9.17, 15) is 4.79 Å².